The second kappa shape index (κ2) is 6.40. The van der Waals surface area contributed by atoms with E-state index < -0.39 is 0 Å². The number of aromatic nitrogens is 3. The maximum Gasteiger partial charge on any atom is 0.276 e. The highest BCUT2D eigenvalue weighted by Gasteiger charge is 2.16. The van der Waals surface area contributed by atoms with Gasteiger partial charge in [-0.2, -0.15) is 5.10 Å². The number of nitrogens with zero attached hydrogens (tertiary/aromatic N) is 2. The second-order valence-corrected chi connectivity index (χ2v) is 5.94. The third-order valence-corrected chi connectivity index (χ3v) is 4.28. The molecule has 0 aliphatic carbocycles. The summed E-state index contributed by atoms with van der Waals surface area (Å²) in [6.07, 6.45) is 3.20. The van der Waals surface area contributed by atoms with Gasteiger partial charge in [0.15, 0.2) is 5.69 Å². The van der Waals surface area contributed by atoms with E-state index in [0.29, 0.717) is 16.6 Å². The molecule has 0 unspecified atom stereocenters. The largest absolute Gasteiger partial charge is 0.319 e. The number of amides is 1. The van der Waals surface area contributed by atoms with Crippen molar-refractivity contribution in [3.63, 3.8) is 0 Å². The molecular formula is C20H15FN4O. The fourth-order valence-electron chi connectivity index (χ4n) is 2.90. The van der Waals surface area contributed by atoms with Gasteiger partial charge in [0.1, 0.15) is 5.82 Å². The summed E-state index contributed by atoms with van der Waals surface area (Å²) in [7, 11) is 0. The Balaban J connectivity index is 1.75. The van der Waals surface area contributed by atoms with Crippen molar-refractivity contribution in [2.45, 2.75) is 6.92 Å². The van der Waals surface area contributed by atoms with Crippen LogP contribution in [0.25, 0.3) is 22.0 Å². The quantitative estimate of drug-likeness (QED) is 0.580. The molecule has 26 heavy (non-hydrogen) atoms. The van der Waals surface area contributed by atoms with E-state index in [1.807, 2.05) is 24.3 Å². The molecule has 2 aromatic carbocycles. The van der Waals surface area contributed by atoms with Gasteiger partial charge in [-0.1, -0.05) is 18.2 Å². The highest BCUT2D eigenvalue weighted by molar-refractivity contribution is 6.11. The molecule has 2 aromatic heterocycles. The number of H-pyrrole nitrogens is 1. The third-order valence-electron chi connectivity index (χ3n) is 4.28. The van der Waals surface area contributed by atoms with E-state index >= 15 is 0 Å². The predicted molar refractivity (Wildman–Crippen MR) is 98.4 cm³/mol. The highest BCUT2D eigenvalue weighted by Crippen LogP contribution is 2.29. The van der Waals surface area contributed by atoms with Crippen molar-refractivity contribution in [1.82, 2.24) is 15.2 Å². The Morgan fingerprint density at radius 3 is 2.85 bits per heavy atom. The smallest absolute Gasteiger partial charge is 0.276 e. The van der Waals surface area contributed by atoms with Crippen LogP contribution in [0.1, 0.15) is 16.1 Å². The van der Waals surface area contributed by atoms with E-state index in [-0.39, 0.29) is 17.4 Å². The number of hydrogen-bond donors (Lipinski definition) is 2. The van der Waals surface area contributed by atoms with Gasteiger partial charge in [-0.15, -0.1) is 0 Å². The van der Waals surface area contributed by atoms with Crippen molar-refractivity contribution in [3.8, 4) is 11.1 Å². The molecule has 0 atom stereocenters. The molecule has 0 aliphatic heterocycles. The van der Waals surface area contributed by atoms with E-state index in [1.54, 1.807) is 37.5 Å². The fourth-order valence-corrected chi connectivity index (χ4v) is 2.90. The fraction of sp³-hybridized carbons (Fsp3) is 0.0500. The molecule has 0 aliphatic rings. The summed E-state index contributed by atoms with van der Waals surface area (Å²) >= 11 is 0. The minimum Gasteiger partial charge on any atom is -0.319 e. The van der Waals surface area contributed by atoms with Crippen LogP contribution in [-0.2, 0) is 0 Å². The Morgan fingerprint density at radius 1 is 1.15 bits per heavy atom. The molecule has 128 valence electrons. The van der Waals surface area contributed by atoms with Crippen LogP contribution >= 0.6 is 0 Å². The Bertz CT molecular complexity index is 1110. The number of pyridine rings is 1. The minimum absolute atomic E-state index is 0.260. The number of carbonyl (C=O) groups is 1. The number of rotatable bonds is 3. The van der Waals surface area contributed by atoms with Crippen molar-refractivity contribution in [2.24, 2.45) is 0 Å². The number of anilines is 1. The van der Waals surface area contributed by atoms with Crippen LogP contribution in [0.5, 0.6) is 0 Å². The van der Waals surface area contributed by atoms with Crippen molar-refractivity contribution < 1.29 is 9.18 Å². The summed E-state index contributed by atoms with van der Waals surface area (Å²) in [6, 6.07) is 14.0. The van der Waals surface area contributed by atoms with Gasteiger partial charge in [0.05, 0.1) is 17.4 Å². The van der Waals surface area contributed by atoms with Crippen molar-refractivity contribution >= 4 is 22.5 Å². The topological polar surface area (TPSA) is 70.7 Å². The number of benzene rings is 2. The molecule has 0 radical (unpaired) electrons. The zero-order valence-corrected chi connectivity index (χ0v) is 14.0. The summed E-state index contributed by atoms with van der Waals surface area (Å²) in [5.74, 6) is -0.596. The Labute approximate surface area is 148 Å². The van der Waals surface area contributed by atoms with Crippen molar-refractivity contribution in [3.05, 3.63) is 78.0 Å². The van der Waals surface area contributed by atoms with Gasteiger partial charge in [-0.05, 0) is 53.9 Å². The zero-order valence-electron chi connectivity index (χ0n) is 14.0. The molecular weight excluding hydrogens is 331 g/mol. The number of hydrogen-bond acceptors (Lipinski definition) is 3. The first kappa shape index (κ1) is 16.0. The van der Waals surface area contributed by atoms with E-state index in [2.05, 4.69) is 20.5 Å². The predicted octanol–water partition coefficient (Wildman–Crippen LogP) is 4.32. The Morgan fingerprint density at radius 2 is 2.04 bits per heavy atom. The van der Waals surface area contributed by atoms with Gasteiger partial charge in [-0.3, -0.25) is 14.9 Å². The lowest BCUT2D eigenvalue weighted by molar-refractivity contribution is 0.102. The molecule has 0 spiro atoms. The molecule has 0 saturated heterocycles. The van der Waals surface area contributed by atoms with Crippen LogP contribution in [0.4, 0.5) is 10.1 Å². The molecule has 2 heterocycles. The molecule has 4 rings (SSSR count). The number of fused-ring (bicyclic) bond motifs is 1. The first-order chi connectivity index (χ1) is 12.6. The lowest BCUT2D eigenvalue weighted by Crippen LogP contribution is -2.12. The van der Waals surface area contributed by atoms with Crippen LogP contribution < -0.4 is 5.32 Å². The second-order valence-electron chi connectivity index (χ2n) is 5.94. The van der Waals surface area contributed by atoms with Crippen LogP contribution in [0.3, 0.4) is 0 Å². The minimum atomic E-state index is -0.336. The van der Waals surface area contributed by atoms with Gasteiger partial charge in [-0.25, -0.2) is 4.39 Å². The average molecular weight is 346 g/mol. The summed E-state index contributed by atoms with van der Waals surface area (Å²) < 4.78 is 13.9. The number of aromatic amines is 1. The third kappa shape index (κ3) is 2.82. The van der Waals surface area contributed by atoms with Gasteiger partial charge >= 0.3 is 0 Å². The maximum atomic E-state index is 13.9. The Hall–Kier alpha value is -3.54. The van der Waals surface area contributed by atoms with Crippen LogP contribution in [0.2, 0.25) is 0 Å². The average Bonchev–Trinajstić information content (AvgIpc) is 3.08. The molecule has 1 amide bonds. The van der Waals surface area contributed by atoms with E-state index in [0.717, 1.165) is 16.6 Å². The maximum absolute atomic E-state index is 13.9. The number of nitrogens with one attached hydrogen (secondary N) is 2. The zero-order chi connectivity index (χ0) is 18.1. The normalized spacial score (nSPS) is 10.8. The lowest BCUT2D eigenvalue weighted by Gasteiger charge is -2.07. The van der Waals surface area contributed by atoms with Gasteiger partial charge in [0, 0.05) is 11.6 Å². The molecule has 5 nitrogen and oxygen atoms in total. The molecule has 0 bridgehead atoms. The monoisotopic (exact) mass is 346 g/mol. The van der Waals surface area contributed by atoms with Crippen LogP contribution in [0, 0.1) is 12.7 Å². The SMILES string of the molecule is Cc1c(F)cccc1-c1ccc2[nH]nc(C(=O)Nc3cccnc3)c2c1. The lowest BCUT2D eigenvalue weighted by atomic mass is 9.98. The van der Waals surface area contributed by atoms with E-state index in [4.69, 9.17) is 0 Å². The number of halogens is 1. The first-order valence-electron chi connectivity index (χ1n) is 8.08. The highest BCUT2D eigenvalue weighted by atomic mass is 19.1. The summed E-state index contributed by atoms with van der Waals surface area (Å²) in [4.78, 5) is 16.6. The van der Waals surface area contributed by atoms with Gasteiger partial charge < -0.3 is 5.32 Å². The van der Waals surface area contributed by atoms with E-state index in [1.165, 1.54) is 6.07 Å². The van der Waals surface area contributed by atoms with Gasteiger partial charge in [0.2, 0.25) is 0 Å². The Kier molecular flexibility index (Phi) is 3.93. The standard InChI is InChI=1S/C20H15FN4O/c1-12-15(5-2-6-17(12)21)13-7-8-18-16(10-13)19(25-24-18)20(26)23-14-4-3-9-22-11-14/h2-11H,1H3,(H,23,26)(H,24,25). The molecule has 0 saturated carbocycles. The first-order valence-corrected chi connectivity index (χ1v) is 8.08. The van der Waals surface area contributed by atoms with Crippen molar-refractivity contribution in [1.29, 1.82) is 0 Å². The molecule has 6 heteroatoms. The van der Waals surface area contributed by atoms with Gasteiger partial charge in [0.25, 0.3) is 5.91 Å². The number of carbonyl (C=O) groups excluding carboxylic acids is 1. The molecule has 0 fully saturated rings. The molecule has 4 aromatic rings. The summed E-state index contributed by atoms with van der Waals surface area (Å²) in [5, 5.41) is 10.4. The summed E-state index contributed by atoms with van der Waals surface area (Å²) in [5.41, 5.74) is 3.78. The molecule has 2 N–H and O–H groups in total. The van der Waals surface area contributed by atoms with Crippen LogP contribution in [0.15, 0.2) is 60.9 Å². The van der Waals surface area contributed by atoms with Crippen LogP contribution in [-0.4, -0.2) is 21.1 Å². The summed E-state index contributed by atoms with van der Waals surface area (Å²) in [6.45, 7) is 1.74. The van der Waals surface area contributed by atoms with E-state index in [9.17, 15) is 9.18 Å². The van der Waals surface area contributed by atoms with Crippen molar-refractivity contribution in [2.75, 3.05) is 5.32 Å².